The van der Waals surface area contributed by atoms with Crippen LogP contribution in [0.5, 0.6) is 0 Å². The molecule has 3 N–H and O–H groups in total. The molecule has 7 nitrogen and oxygen atoms in total. The molecule has 8 heteroatoms. The first-order chi connectivity index (χ1) is 10.1. The summed E-state index contributed by atoms with van der Waals surface area (Å²) in [7, 11) is 0. The van der Waals surface area contributed by atoms with Gasteiger partial charge in [-0.3, -0.25) is 9.59 Å². The van der Waals surface area contributed by atoms with Crippen LogP contribution >= 0.6 is 11.6 Å². The molecule has 21 heavy (non-hydrogen) atoms. The van der Waals surface area contributed by atoms with E-state index in [0.717, 1.165) is 5.69 Å². The highest BCUT2D eigenvalue weighted by Gasteiger charge is 2.06. The molecule has 0 fully saturated rings. The first-order valence-electron chi connectivity index (χ1n) is 6.27. The summed E-state index contributed by atoms with van der Waals surface area (Å²) in [5.74, 6) is 0.324. The Morgan fingerprint density at radius 2 is 2.24 bits per heavy atom. The zero-order chi connectivity index (χ0) is 15.2. The van der Waals surface area contributed by atoms with Crippen molar-refractivity contribution < 1.29 is 4.79 Å². The highest BCUT2D eigenvalue weighted by Crippen LogP contribution is 2.14. The van der Waals surface area contributed by atoms with Gasteiger partial charge in [-0.2, -0.15) is 5.10 Å². The topological polar surface area (TPSA) is 99.8 Å². The van der Waals surface area contributed by atoms with Crippen molar-refractivity contribution in [3.63, 3.8) is 0 Å². The van der Waals surface area contributed by atoms with E-state index in [-0.39, 0.29) is 17.4 Å². The van der Waals surface area contributed by atoms with E-state index in [1.165, 1.54) is 6.20 Å². The van der Waals surface area contributed by atoms with E-state index in [2.05, 4.69) is 25.8 Å². The molecule has 0 spiro atoms. The maximum Gasteiger partial charge on any atom is 0.285 e. The Bertz CT molecular complexity index is 701. The van der Waals surface area contributed by atoms with Crippen molar-refractivity contribution in [2.75, 3.05) is 17.2 Å². The normalized spacial score (nSPS) is 10.2. The average Bonchev–Trinajstić information content (AvgIpc) is 2.43. The standard InChI is InChI=1S/C13H14ClN5O2/c1-8-3-2-4-10(17-8)18-11(20)5-6-15-9-7-16-19-13(21)12(9)14/h2-4,7H,5-6H2,1H3,(H2,15,19,21)(H,17,18,20). The summed E-state index contributed by atoms with van der Waals surface area (Å²) in [5, 5.41) is 11.4. The molecular formula is C13H14ClN5O2. The number of halogens is 1. The number of amides is 1. The zero-order valence-corrected chi connectivity index (χ0v) is 12.1. The fourth-order valence-electron chi connectivity index (χ4n) is 1.64. The number of carbonyl (C=O) groups is 1. The molecule has 0 atom stereocenters. The number of anilines is 2. The Balaban J connectivity index is 1.84. The van der Waals surface area contributed by atoms with Gasteiger partial charge in [-0.05, 0) is 19.1 Å². The van der Waals surface area contributed by atoms with Gasteiger partial charge in [0.15, 0.2) is 0 Å². The largest absolute Gasteiger partial charge is 0.382 e. The number of aromatic amines is 1. The first-order valence-corrected chi connectivity index (χ1v) is 6.64. The summed E-state index contributed by atoms with van der Waals surface area (Å²) in [6.45, 7) is 2.17. The van der Waals surface area contributed by atoms with Crippen LogP contribution in [0.4, 0.5) is 11.5 Å². The van der Waals surface area contributed by atoms with Crippen molar-refractivity contribution in [2.24, 2.45) is 0 Å². The summed E-state index contributed by atoms with van der Waals surface area (Å²) in [4.78, 5) is 27.2. The highest BCUT2D eigenvalue weighted by molar-refractivity contribution is 6.32. The molecule has 1 amide bonds. The lowest BCUT2D eigenvalue weighted by Gasteiger charge is -2.07. The number of aromatic nitrogens is 3. The van der Waals surface area contributed by atoms with Crippen molar-refractivity contribution >= 4 is 29.0 Å². The molecule has 0 saturated heterocycles. The SMILES string of the molecule is Cc1cccc(NC(=O)CCNc2cn[nH]c(=O)c2Cl)n1. The lowest BCUT2D eigenvalue weighted by molar-refractivity contribution is -0.116. The molecule has 2 aromatic rings. The van der Waals surface area contributed by atoms with Gasteiger partial charge in [0.05, 0.1) is 11.9 Å². The number of nitrogens with one attached hydrogen (secondary N) is 3. The first kappa shape index (κ1) is 15.0. The van der Waals surface area contributed by atoms with Crippen LogP contribution < -0.4 is 16.2 Å². The Morgan fingerprint density at radius 1 is 1.43 bits per heavy atom. The molecule has 0 aromatic carbocycles. The predicted molar refractivity (Wildman–Crippen MR) is 80.6 cm³/mol. The zero-order valence-electron chi connectivity index (χ0n) is 11.3. The summed E-state index contributed by atoms with van der Waals surface area (Å²) in [5.41, 5.74) is 0.740. The van der Waals surface area contributed by atoms with Gasteiger partial charge < -0.3 is 10.6 Å². The number of hydrogen-bond acceptors (Lipinski definition) is 5. The second-order valence-electron chi connectivity index (χ2n) is 4.32. The molecule has 0 saturated carbocycles. The van der Waals surface area contributed by atoms with Gasteiger partial charge in [0, 0.05) is 18.7 Å². The number of hydrogen-bond donors (Lipinski definition) is 3. The Hall–Kier alpha value is -2.41. The molecule has 110 valence electrons. The number of carbonyl (C=O) groups excluding carboxylic acids is 1. The summed E-state index contributed by atoms with van der Waals surface area (Å²) in [6, 6.07) is 5.38. The van der Waals surface area contributed by atoms with Gasteiger partial charge in [0.1, 0.15) is 10.8 Å². The maximum atomic E-state index is 11.8. The van der Waals surface area contributed by atoms with Gasteiger partial charge in [-0.1, -0.05) is 17.7 Å². The smallest absolute Gasteiger partial charge is 0.285 e. The lowest BCUT2D eigenvalue weighted by Crippen LogP contribution is -2.18. The van der Waals surface area contributed by atoms with Crippen molar-refractivity contribution in [1.82, 2.24) is 15.2 Å². The van der Waals surface area contributed by atoms with Crippen LogP contribution in [0.15, 0.2) is 29.2 Å². The second-order valence-corrected chi connectivity index (χ2v) is 4.69. The number of aryl methyl sites for hydroxylation is 1. The molecule has 0 aliphatic heterocycles. The van der Waals surface area contributed by atoms with E-state index < -0.39 is 5.56 Å². The van der Waals surface area contributed by atoms with Gasteiger partial charge >= 0.3 is 0 Å². The monoisotopic (exact) mass is 307 g/mol. The third-order valence-corrected chi connectivity index (χ3v) is 2.99. The van der Waals surface area contributed by atoms with E-state index in [9.17, 15) is 9.59 Å². The Morgan fingerprint density at radius 3 is 3.00 bits per heavy atom. The Kier molecular flexibility index (Phi) is 4.89. The van der Waals surface area contributed by atoms with Gasteiger partial charge in [0.25, 0.3) is 5.56 Å². The fraction of sp³-hybridized carbons (Fsp3) is 0.231. The van der Waals surface area contributed by atoms with E-state index in [0.29, 0.717) is 18.1 Å². The molecule has 0 aliphatic rings. The average molecular weight is 308 g/mol. The van der Waals surface area contributed by atoms with E-state index in [4.69, 9.17) is 11.6 Å². The van der Waals surface area contributed by atoms with Crippen molar-refractivity contribution in [3.05, 3.63) is 45.5 Å². The minimum absolute atomic E-state index is 0.0192. The lowest BCUT2D eigenvalue weighted by atomic mass is 10.3. The van der Waals surface area contributed by atoms with Crippen molar-refractivity contribution in [1.29, 1.82) is 0 Å². The van der Waals surface area contributed by atoms with Crippen molar-refractivity contribution in [2.45, 2.75) is 13.3 Å². The molecular weight excluding hydrogens is 294 g/mol. The van der Waals surface area contributed by atoms with E-state index >= 15 is 0 Å². The van der Waals surface area contributed by atoms with Crippen LogP contribution in [-0.4, -0.2) is 27.6 Å². The summed E-state index contributed by atoms with van der Waals surface area (Å²) < 4.78 is 0. The molecule has 2 rings (SSSR count). The second kappa shape index (κ2) is 6.85. The van der Waals surface area contributed by atoms with Gasteiger partial charge in [-0.15, -0.1) is 0 Å². The van der Waals surface area contributed by atoms with Crippen LogP contribution in [-0.2, 0) is 4.79 Å². The van der Waals surface area contributed by atoms with Gasteiger partial charge in [-0.25, -0.2) is 10.1 Å². The minimum Gasteiger partial charge on any atom is -0.382 e. The minimum atomic E-state index is -0.477. The number of pyridine rings is 1. The van der Waals surface area contributed by atoms with Crippen molar-refractivity contribution in [3.8, 4) is 0 Å². The summed E-state index contributed by atoms with van der Waals surface area (Å²) >= 11 is 5.80. The van der Waals surface area contributed by atoms with E-state index in [1.807, 2.05) is 19.1 Å². The van der Waals surface area contributed by atoms with E-state index in [1.54, 1.807) is 6.07 Å². The number of H-pyrrole nitrogens is 1. The molecule has 0 aliphatic carbocycles. The third-order valence-electron chi connectivity index (χ3n) is 2.62. The van der Waals surface area contributed by atoms with Crippen LogP contribution in [0.2, 0.25) is 5.02 Å². The number of rotatable bonds is 5. The molecule has 0 unspecified atom stereocenters. The van der Waals surface area contributed by atoms with Crippen LogP contribution in [0.3, 0.4) is 0 Å². The third kappa shape index (κ3) is 4.28. The quantitative estimate of drug-likeness (QED) is 0.778. The highest BCUT2D eigenvalue weighted by atomic mass is 35.5. The summed E-state index contributed by atoms with van der Waals surface area (Å²) in [6.07, 6.45) is 1.60. The van der Waals surface area contributed by atoms with Crippen LogP contribution in [0, 0.1) is 6.92 Å². The predicted octanol–water partition coefficient (Wildman–Crippen LogP) is 1.57. The molecule has 0 bridgehead atoms. The molecule has 2 aromatic heterocycles. The molecule has 0 radical (unpaired) electrons. The van der Waals surface area contributed by atoms with Gasteiger partial charge in [0.2, 0.25) is 5.91 Å². The Labute approximate surface area is 125 Å². The van der Waals surface area contributed by atoms with Crippen LogP contribution in [0.1, 0.15) is 12.1 Å². The fourth-order valence-corrected chi connectivity index (χ4v) is 1.79. The molecule has 2 heterocycles. The number of nitrogens with zero attached hydrogens (tertiary/aromatic N) is 2. The maximum absolute atomic E-state index is 11.8. The van der Waals surface area contributed by atoms with Crippen LogP contribution in [0.25, 0.3) is 0 Å².